The minimum Gasteiger partial charge on any atom is -0.444 e. The fraction of sp³-hybridized carbons (Fsp3) is 0.407. The largest absolute Gasteiger partial charge is 0.444 e. The van der Waals surface area contributed by atoms with Gasteiger partial charge in [-0.15, -0.1) is 0 Å². The zero-order chi connectivity index (χ0) is 25.5. The fourth-order valence-corrected chi connectivity index (χ4v) is 4.19. The Balaban J connectivity index is 1.76. The number of Topliss-reactive ketones (excluding diaryl/α,β-unsaturated/α-hetero) is 1. The molecule has 1 aromatic carbocycles. The third-order valence-corrected chi connectivity index (χ3v) is 5.96. The van der Waals surface area contributed by atoms with Gasteiger partial charge in [-0.05, 0) is 51.7 Å². The van der Waals surface area contributed by atoms with Crippen molar-refractivity contribution in [3.63, 3.8) is 0 Å². The van der Waals surface area contributed by atoms with Crippen LogP contribution < -0.4 is 16.0 Å². The minimum atomic E-state index is -0.580. The number of hydrogen-bond donors (Lipinski definition) is 3. The number of rotatable bonds is 7. The summed E-state index contributed by atoms with van der Waals surface area (Å²) in [6.07, 6.45) is 10.3. The zero-order valence-corrected chi connectivity index (χ0v) is 21.6. The van der Waals surface area contributed by atoms with Gasteiger partial charge in [-0.2, -0.15) is 0 Å². The van der Waals surface area contributed by atoms with E-state index in [-0.39, 0.29) is 17.1 Å². The van der Waals surface area contributed by atoms with Crippen LogP contribution in [0.25, 0.3) is 0 Å². The molecule has 7 nitrogen and oxygen atoms in total. The molecule has 0 fully saturated rings. The van der Waals surface area contributed by atoms with E-state index in [4.69, 9.17) is 17.0 Å². The lowest BCUT2D eigenvalue weighted by Crippen LogP contribution is -2.37. The average Bonchev–Trinajstić information content (AvgIpc) is 2.77. The fourth-order valence-electron chi connectivity index (χ4n) is 3.83. The van der Waals surface area contributed by atoms with Crippen molar-refractivity contribution in [2.45, 2.75) is 52.6 Å². The molecule has 0 aromatic heterocycles. The van der Waals surface area contributed by atoms with Crippen molar-refractivity contribution in [3.8, 4) is 0 Å². The van der Waals surface area contributed by atoms with Crippen molar-refractivity contribution in [1.29, 1.82) is 0 Å². The number of thiocarbonyl (C=S) groups is 1. The van der Waals surface area contributed by atoms with E-state index in [1.807, 2.05) is 48.8 Å². The first-order chi connectivity index (χ1) is 16.5. The third kappa shape index (κ3) is 8.17. The van der Waals surface area contributed by atoms with Crippen LogP contribution in [0.1, 0.15) is 47.0 Å². The molecule has 0 radical (unpaired) electrons. The molecule has 1 amide bonds. The zero-order valence-electron chi connectivity index (χ0n) is 20.8. The van der Waals surface area contributed by atoms with Crippen LogP contribution in [0.5, 0.6) is 0 Å². The van der Waals surface area contributed by atoms with Gasteiger partial charge in [-0.1, -0.05) is 49.5 Å². The van der Waals surface area contributed by atoms with Crippen molar-refractivity contribution in [2.75, 3.05) is 11.9 Å². The molecule has 1 heterocycles. The van der Waals surface area contributed by atoms with Gasteiger partial charge in [0.25, 0.3) is 0 Å². The molecule has 0 bridgehead atoms. The summed E-state index contributed by atoms with van der Waals surface area (Å²) in [6.45, 7) is 8.21. The molecule has 1 aliphatic heterocycles. The van der Waals surface area contributed by atoms with Crippen LogP contribution in [0.15, 0.2) is 71.1 Å². The summed E-state index contributed by atoms with van der Waals surface area (Å²) in [5, 5.41) is 9.33. The molecule has 0 spiro atoms. The van der Waals surface area contributed by atoms with Gasteiger partial charge in [-0.25, -0.2) is 4.79 Å². The van der Waals surface area contributed by atoms with E-state index < -0.39 is 11.7 Å². The van der Waals surface area contributed by atoms with E-state index in [1.165, 1.54) is 0 Å². The molecule has 186 valence electrons. The number of anilines is 1. The lowest BCUT2D eigenvalue weighted by Gasteiger charge is -2.31. The number of aliphatic imine (C=N–C) groups is 1. The molecule has 2 aliphatic rings. The monoisotopic (exact) mass is 494 g/mol. The number of ketones is 1. The number of nitrogens with zero attached hydrogens (tertiary/aromatic N) is 1. The van der Waals surface area contributed by atoms with E-state index in [9.17, 15) is 9.59 Å². The number of carbonyl (C=O) groups is 2. The molecule has 8 heteroatoms. The Hall–Kier alpha value is -3.26. The van der Waals surface area contributed by atoms with Crippen LogP contribution in [-0.4, -0.2) is 35.2 Å². The number of para-hydroxylation sites is 1. The number of amides is 1. The maximum Gasteiger partial charge on any atom is 0.411 e. The number of benzene rings is 1. The third-order valence-electron chi connectivity index (χ3n) is 5.65. The first-order valence-corrected chi connectivity index (χ1v) is 12.2. The Morgan fingerprint density at radius 2 is 2.00 bits per heavy atom. The molecule has 0 saturated carbocycles. The van der Waals surface area contributed by atoms with Gasteiger partial charge in [0.15, 0.2) is 5.78 Å². The number of allylic oxidation sites excluding steroid dienone is 2. The molecule has 1 aromatic rings. The standard InChI is InChI=1S/C27H34N4O3S/c1-26(2,3)34-25(33)29-13-10-19-16-21(30-18-27(4)11-14-28-15-12-27)23(22(32)17-19)24(35)31-20-8-6-5-7-9-20/h5-11,13-15,19,30H,12,16-18H2,1-4H3,(H,29,33)(H,31,35)/b13-10+. The summed E-state index contributed by atoms with van der Waals surface area (Å²) in [5.41, 5.74) is 1.46. The molecule has 35 heavy (non-hydrogen) atoms. The molecule has 3 N–H and O–H groups in total. The van der Waals surface area contributed by atoms with Crippen molar-refractivity contribution in [1.82, 2.24) is 10.6 Å². The number of alkyl carbamates (subject to hydrolysis) is 1. The maximum absolute atomic E-state index is 13.3. The van der Waals surface area contributed by atoms with Gasteiger partial charge in [0.05, 0.1) is 5.57 Å². The second-order valence-electron chi connectivity index (χ2n) is 10.1. The molecule has 1 aliphatic carbocycles. The Morgan fingerprint density at radius 1 is 1.26 bits per heavy atom. The molecular weight excluding hydrogens is 460 g/mol. The first kappa shape index (κ1) is 26.3. The second-order valence-corrected chi connectivity index (χ2v) is 10.5. The average molecular weight is 495 g/mol. The molecule has 0 saturated heterocycles. The number of hydrogen-bond acceptors (Lipinski definition) is 6. The molecule has 2 atom stereocenters. The lowest BCUT2D eigenvalue weighted by molar-refractivity contribution is -0.116. The smallest absolute Gasteiger partial charge is 0.411 e. The summed E-state index contributed by atoms with van der Waals surface area (Å²) in [6, 6.07) is 9.58. The van der Waals surface area contributed by atoms with Crippen molar-refractivity contribution in [3.05, 3.63) is 66.2 Å². The van der Waals surface area contributed by atoms with Crippen LogP contribution in [0.2, 0.25) is 0 Å². The highest BCUT2D eigenvalue weighted by molar-refractivity contribution is 7.81. The Morgan fingerprint density at radius 3 is 2.66 bits per heavy atom. The quantitative estimate of drug-likeness (QED) is 0.447. The predicted octanol–water partition coefficient (Wildman–Crippen LogP) is 5.28. The normalized spacial score (nSPS) is 22.3. The highest BCUT2D eigenvalue weighted by Gasteiger charge is 2.31. The van der Waals surface area contributed by atoms with Gasteiger partial charge in [0, 0.05) is 48.4 Å². The SMILES string of the molecule is CC1(CNC2=C(C(=S)Nc3ccccc3)C(=O)CC(/C=C/NC(=O)OC(C)(C)C)C2)C=CN=CC1. The molecular formula is C27H34N4O3S. The maximum atomic E-state index is 13.3. The highest BCUT2D eigenvalue weighted by Crippen LogP contribution is 2.30. The van der Waals surface area contributed by atoms with Crippen LogP contribution in [0.3, 0.4) is 0 Å². The topological polar surface area (TPSA) is 91.8 Å². The Bertz CT molecular complexity index is 1070. The van der Waals surface area contributed by atoms with Crippen LogP contribution in [0.4, 0.5) is 10.5 Å². The van der Waals surface area contributed by atoms with Crippen LogP contribution in [-0.2, 0) is 9.53 Å². The summed E-state index contributed by atoms with van der Waals surface area (Å²) in [5.74, 6) is -0.121. The number of nitrogens with one attached hydrogen (secondary N) is 3. The summed E-state index contributed by atoms with van der Waals surface area (Å²) in [7, 11) is 0. The van der Waals surface area contributed by atoms with Gasteiger partial charge < -0.3 is 15.4 Å². The van der Waals surface area contributed by atoms with E-state index in [0.717, 1.165) is 17.8 Å². The lowest BCUT2D eigenvalue weighted by atomic mass is 9.83. The summed E-state index contributed by atoms with van der Waals surface area (Å²) >= 11 is 5.66. The van der Waals surface area contributed by atoms with Crippen LogP contribution >= 0.6 is 12.2 Å². The first-order valence-electron chi connectivity index (χ1n) is 11.8. The summed E-state index contributed by atoms with van der Waals surface area (Å²) in [4.78, 5) is 29.8. The van der Waals surface area contributed by atoms with Gasteiger partial charge in [0.2, 0.25) is 0 Å². The number of ether oxygens (including phenoxy) is 1. The van der Waals surface area contributed by atoms with E-state index in [0.29, 0.717) is 29.9 Å². The van der Waals surface area contributed by atoms with Gasteiger partial charge in [0.1, 0.15) is 10.6 Å². The van der Waals surface area contributed by atoms with Gasteiger partial charge >= 0.3 is 6.09 Å². The van der Waals surface area contributed by atoms with Crippen molar-refractivity contribution < 1.29 is 14.3 Å². The van der Waals surface area contributed by atoms with Crippen molar-refractivity contribution in [2.24, 2.45) is 16.3 Å². The van der Waals surface area contributed by atoms with E-state index in [1.54, 1.807) is 27.0 Å². The molecule has 2 unspecified atom stereocenters. The highest BCUT2D eigenvalue weighted by atomic mass is 32.1. The van der Waals surface area contributed by atoms with E-state index in [2.05, 4.69) is 33.9 Å². The Labute approximate surface area is 212 Å². The predicted molar refractivity (Wildman–Crippen MR) is 144 cm³/mol. The Kier molecular flexibility index (Phi) is 8.62. The molecule has 3 rings (SSSR count). The minimum absolute atomic E-state index is 0.0370. The van der Waals surface area contributed by atoms with Crippen LogP contribution in [0, 0.1) is 11.3 Å². The number of carbonyl (C=O) groups excluding carboxylic acids is 2. The summed E-state index contributed by atoms with van der Waals surface area (Å²) < 4.78 is 5.26. The second kappa shape index (κ2) is 11.4. The van der Waals surface area contributed by atoms with E-state index >= 15 is 0 Å². The van der Waals surface area contributed by atoms with Gasteiger partial charge in [-0.3, -0.25) is 15.1 Å². The van der Waals surface area contributed by atoms with Crippen molar-refractivity contribution >= 4 is 41.0 Å².